The van der Waals surface area contributed by atoms with Crippen LogP contribution in [0.4, 0.5) is 10.5 Å². The summed E-state index contributed by atoms with van der Waals surface area (Å²) < 4.78 is 4.96. The van der Waals surface area contributed by atoms with E-state index in [1.54, 1.807) is 12.1 Å². The van der Waals surface area contributed by atoms with Gasteiger partial charge in [0.05, 0.1) is 12.1 Å². The summed E-state index contributed by atoms with van der Waals surface area (Å²) in [4.78, 5) is 22.0. The van der Waals surface area contributed by atoms with Gasteiger partial charge in [-0.3, -0.25) is 4.79 Å². The van der Waals surface area contributed by atoms with Crippen molar-refractivity contribution in [1.29, 1.82) is 0 Å². The Hall–Kier alpha value is -1.95. The van der Waals surface area contributed by atoms with E-state index in [0.29, 0.717) is 16.5 Å². The summed E-state index contributed by atoms with van der Waals surface area (Å²) in [6.07, 6.45) is 0. The first-order valence-corrected chi connectivity index (χ1v) is 5.45. The molecule has 1 aromatic carbocycles. The lowest BCUT2D eigenvalue weighted by atomic mass is 10.3. The number of carboxylic acids is 1. The average Bonchev–Trinajstić information content (AvgIpc) is 2.28. The van der Waals surface area contributed by atoms with Gasteiger partial charge in [-0.15, -0.1) is 0 Å². The van der Waals surface area contributed by atoms with Crippen molar-refractivity contribution < 1.29 is 19.4 Å². The second-order valence-electron chi connectivity index (χ2n) is 3.51. The van der Waals surface area contributed by atoms with Gasteiger partial charge in [-0.1, -0.05) is 11.6 Å². The molecule has 0 unspecified atom stereocenters. The molecule has 1 rings (SSSR count). The summed E-state index contributed by atoms with van der Waals surface area (Å²) in [5.74, 6) is -0.626. The van der Waals surface area contributed by atoms with Gasteiger partial charge in [0.25, 0.3) is 0 Å². The van der Waals surface area contributed by atoms with E-state index in [9.17, 15) is 9.59 Å². The Morgan fingerprint density at radius 3 is 2.61 bits per heavy atom. The van der Waals surface area contributed by atoms with Crippen molar-refractivity contribution >= 4 is 29.3 Å². The van der Waals surface area contributed by atoms with Crippen molar-refractivity contribution in [3.05, 3.63) is 23.2 Å². The molecule has 0 aromatic heterocycles. The van der Waals surface area contributed by atoms with Crippen LogP contribution < -0.4 is 15.4 Å². The van der Waals surface area contributed by atoms with Gasteiger partial charge in [-0.05, 0) is 25.1 Å². The summed E-state index contributed by atoms with van der Waals surface area (Å²) in [7, 11) is 1.48. The Bertz CT molecular complexity index is 464. The smallest absolute Gasteiger partial charge is 0.325 e. The number of urea groups is 1. The number of anilines is 1. The molecule has 0 aliphatic heterocycles. The molecule has 0 spiro atoms. The van der Waals surface area contributed by atoms with Gasteiger partial charge in [0.1, 0.15) is 11.8 Å². The van der Waals surface area contributed by atoms with Gasteiger partial charge in [0.2, 0.25) is 0 Å². The van der Waals surface area contributed by atoms with E-state index in [1.165, 1.54) is 20.1 Å². The molecule has 0 heterocycles. The normalized spacial score (nSPS) is 11.5. The van der Waals surface area contributed by atoms with E-state index in [4.69, 9.17) is 21.4 Å². The summed E-state index contributed by atoms with van der Waals surface area (Å²) in [5, 5.41) is 13.7. The third-order valence-corrected chi connectivity index (χ3v) is 2.42. The van der Waals surface area contributed by atoms with Gasteiger partial charge in [0.15, 0.2) is 0 Å². The molecule has 0 saturated heterocycles. The molecular weight excluding hydrogens is 260 g/mol. The van der Waals surface area contributed by atoms with Gasteiger partial charge < -0.3 is 20.5 Å². The summed E-state index contributed by atoms with van der Waals surface area (Å²) in [6, 6.07) is 3.10. The zero-order valence-corrected chi connectivity index (χ0v) is 10.6. The number of rotatable bonds is 4. The molecule has 1 atom stereocenters. The third kappa shape index (κ3) is 3.81. The number of methoxy groups -OCH3 is 1. The molecule has 0 aliphatic carbocycles. The molecule has 7 heteroatoms. The molecule has 0 saturated carbocycles. The largest absolute Gasteiger partial charge is 0.495 e. The second kappa shape index (κ2) is 6.11. The highest BCUT2D eigenvalue weighted by Crippen LogP contribution is 2.27. The number of halogens is 1. The fourth-order valence-corrected chi connectivity index (χ4v) is 1.43. The number of carbonyl (C=O) groups excluding carboxylic acids is 1. The monoisotopic (exact) mass is 272 g/mol. The number of nitrogens with one attached hydrogen (secondary N) is 2. The predicted octanol–water partition coefficient (Wildman–Crippen LogP) is 1.94. The Morgan fingerprint density at radius 2 is 2.11 bits per heavy atom. The fraction of sp³-hybridized carbons (Fsp3) is 0.273. The number of amides is 2. The molecule has 0 bridgehead atoms. The Kier molecular flexibility index (Phi) is 4.79. The zero-order valence-electron chi connectivity index (χ0n) is 9.86. The molecule has 18 heavy (non-hydrogen) atoms. The third-order valence-electron chi connectivity index (χ3n) is 2.13. The van der Waals surface area contributed by atoms with Crippen molar-refractivity contribution in [3.63, 3.8) is 0 Å². The van der Waals surface area contributed by atoms with Crippen molar-refractivity contribution in [2.75, 3.05) is 12.4 Å². The van der Waals surface area contributed by atoms with Crippen LogP contribution >= 0.6 is 11.6 Å². The lowest BCUT2D eigenvalue weighted by molar-refractivity contribution is -0.138. The maximum atomic E-state index is 11.4. The molecule has 6 nitrogen and oxygen atoms in total. The molecule has 3 N–H and O–H groups in total. The molecule has 1 aromatic rings. The number of carboxylic acid groups (broad SMARTS) is 1. The highest BCUT2D eigenvalue weighted by Gasteiger charge is 2.14. The van der Waals surface area contributed by atoms with Crippen LogP contribution in [0.3, 0.4) is 0 Å². The van der Waals surface area contributed by atoms with Gasteiger partial charge in [-0.2, -0.15) is 0 Å². The molecule has 0 radical (unpaired) electrons. The van der Waals surface area contributed by atoms with Crippen LogP contribution in [-0.2, 0) is 4.79 Å². The van der Waals surface area contributed by atoms with Crippen LogP contribution in [0.2, 0.25) is 5.02 Å². The SMILES string of the molecule is COc1ccc(NC(=O)N[C@@H](C)C(=O)O)cc1Cl. The van der Waals surface area contributed by atoms with Crippen LogP contribution in [0.15, 0.2) is 18.2 Å². The van der Waals surface area contributed by atoms with Crippen molar-refractivity contribution in [2.24, 2.45) is 0 Å². The number of hydrogen-bond donors (Lipinski definition) is 3. The van der Waals surface area contributed by atoms with Crippen LogP contribution in [0.5, 0.6) is 5.75 Å². The molecule has 98 valence electrons. The van der Waals surface area contributed by atoms with Gasteiger partial charge in [0, 0.05) is 5.69 Å². The number of aliphatic carboxylic acids is 1. The first-order valence-electron chi connectivity index (χ1n) is 5.08. The quantitative estimate of drug-likeness (QED) is 0.782. The molecule has 0 aliphatic rings. The highest BCUT2D eigenvalue weighted by molar-refractivity contribution is 6.32. The van der Waals surface area contributed by atoms with Crippen LogP contribution in [0, 0.1) is 0 Å². The summed E-state index contributed by atoms with van der Waals surface area (Å²) in [5.41, 5.74) is 0.441. The van der Waals surface area contributed by atoms with E-state index in [1.807, 2.05) is 0 Å². The van der Waals surface area contributed by atoms with Crippen molar-refractivity contribution in [3.8, 4) is 5.75 Å². The minimum Gasteiger partial charge on any atom is -0.495 e. The molecular formula is C11H13ClN2O4. The van der Waals surface area contributed by atoms with Gasteiger partial charge in [-0.25, -0.2) is 4.79 Å². The first kappa shape index (κ1) is 14.1. The lowest BCUT2D eigenvalue weighted by Crippen LogP contribution is -2.40. The highest BCUT2D eigenvalue weighted by atomic mass is 35.5. The Morgan fingerprint density at radius 1 is 1.44 bits per heavy atom. The predicted molar refractivity (Wildman–Crippen MR) is 67.3 cm³/mol. The first-order chi connectivity index (χ1) is 8.43. The topological polar surface area (TPSA) is 87.7 Å². The number of hydrogen-bond acceptors (Lipinski definition) is 3. The minimum atomic E-state index is -1.11. The number of benzene rings is 1. The lowest BCUT2D eigenvalue weighted by Gasteiger charge is -2.11. The van der Waals surface area contributed by atoms with Crippen LogP contribution in [-0.4, -0.2) is 30.3 Å². The maximum Gasteiger partial charge on any atom is 0.325 e. The number of ether oxygens (including phenoxy) is 1. The Balaban J connectivity index is 2.65. The minimum absolute atomic E-state index is 0.349. The van der Waals surface area contributed by atoms with E-state index in [2.05, 4.69) is 10.6 Å². The summed E-state index contributed by atoms with van der Waals surface area (Å²) in [6.45, 7) is 1.36. The maximum absolute atomic E-state index is 11.4. The van der Waals surface area contributed by atoms with E-state index < -0.39 is 18.0 Å². The van der Waals surface area contributed by atoms with Crippen molar-refractivity contribution in [1.82, 2.24) is 5.32 Å². The summed E-state index contributed by atoms with van der Waals surface area (Å²) >= 11 is 5.88. The van der Waals surface area contributed by atoms with E-state index in [0.717, 1.165) is 0 Å². The second-order valence-corrected chi connectivity index (χ2v) is 3.91. The van der Waals surface area contributed by atoms with Crippen LogP contribution in [0.1, 0.15) is 6.92 Å². The van der Waals surface area contributed by atoms with E-state index >= 15 is 0 Å². The fourth-order valence-electron chi connectivity index (χ4n) is 1.17. The molecule has 2 amide bonds. The zero-order chi connectivity index (χ0) is 13.7. The Labute approximate surface area is 109 Å². The van der Waals surface area contributed by atoms with Gasteiger partial charge >= 0.3 is 12.0 Å². The standard InChI is InChI=1S/C11H13ClN2O4/c1-6(10(15)16)13-11(17)14-7-3-4-9(18-2)8(12)5-7/h3-6H,1-2H3,(H,15,16)(H2,13,14,17)/t6-/m0/s1. The van der Waals surface area contributed by atoms with Crippen LogP contribution in [0.25, 0.3) is 0 Å². The van der Waals surface area contributed by atoms with E-state index in [-0.39, 0.29) is 0 Å². The number of carbonyl (C=O) groups is 2. The van der Waals surface area contributed by atoms with Crippen molar-refractivity contribution in [2.45, 2.75) is 13.0 Å². The molecule has 0 fully saturated rings. The average molecular weight is 273 g/mol.